The van der Waals surface area contributed by atoms with E-state index in [1.54, 1.807) is 19.1 Å². The SMILES string of the molecule is Cc1c(C(=O)CNc2ccc(S(=O)(=O)N(C)Cc3ccccc3)cc2)oc2ccc(F)cc12. The molecule has 0 aliphatic rings. The van der Waals surface area contributed by atoms with Crippen LogP contribution in [-0.2, 0) is 16.6 Å². The van der Waals surface area contributed by atoms with Crippen LogP contribution >= 0.6 is 0 Å². The van der Waals surface area contributed by atoms with Crippen molar-refractivity contribution in [3.05, 3.63) is 95.5 Å². The zero-order chi connectivity index (χ0) is 23.6. The van der Waals surface area contributed by atoms with E-state index in [0.717, 1.165) is 5.56 Å². The number of benzene rings is 3. The fourth-order valence-electron chi connectivity index (χ4n) is 3.57. The van der Waals surface area contributed by atoms with Gasteiger partial charge < -0.3 is 9.73 Å². The van der Waals surface area contributed by atoms with Gasteiger partial charge in [-0.05, 0) is 55.0 Å². The molecule has 4 aromatic rings. The monoisotopic (exact) mass is 466 g/mol. The summed E-state index contributed by atoms with van der Waals surface area (Å²) in [6.45, 7) is 1.92. The summed E-state index contributed by atoms with van der Waals surface area (Å²) in [4.78, 5) is 12.8. The minimum atomic E-state index is -3.66. The molecule has 0 atom stereocenters. The summed E-state index contributed by atoms with van der Waals surface area (Å²) in [5.74, 6) is -0.513. The summed E-state index contributed by atoms with van der Waals surface area (Å²) in [5, 5.41) is 3.54. The Kier molecular flexibility index (Phi) is 6.31. The van der Waals surface area contributed by atoms with Crippen molar-refractivity contribution < 1.29 is 22.0 Å². The molecule has 0 radical (unpaired) electrons. The van der Waals surface area contributed by atoms with Gasteiger partial charge in [0.1, 0.15) is 11.4 Å². The maximum Gasteiger partial charge on any atom is 0.243 e. The first-order valence-corrected chi connectivity index (χ1v) is 11.8. The van der Waals surface area contributed by atoms with Crippen LogP contribution in [0.2, 0.25) is 0 Å². The second kappa shape index (κ2) is 9.17. The molecule has 1 heterocycles. The van der Waals surface area contributed by atoms with Crippen LogP contribution < -0.4 is 5.32 Å². The number of fused-ring (bicyclic) bond motifs is 1. The molecule has 0 fully saturated rings. The number of Topliss-reactive ketones (excluding diaryl/α,β-unsaturated/α-hetero) is 1. The Morgan fingerprint density at radius 3 is 2.42 bits per heavy atom. The topological polar surface area (TPSA) is 79.6 Å². The van der Waals surface area contributed by atoms with Gasteiger partial charge in [-0.3, -0.25) is 4.79 Å². The number of ketones is 1. The van der Waals surface area contributed by atoms with Gasteiger partial charge in [-0.25, -0.2) is 12.8 Å². The lowest BCUT2D eigenvalue weighted by Gasteiger charge is -2.17. The van der Waals surface area contributed by atoms with Crippen LogP contribution in [-0.4, -0.2) is 32.1 Å². The van der Waals surface area contributed by atoms with E-state index in [1.165, 1.54) is 41.7 Å². The third-order valence-corrected chi connectivity index (χ3v) is 7.23. The molecule has 0 unspecified atom stereocenters. The average Bonchev–Trinajstić information content (AvgIpc) is 3.14. The Hall–Kier alpha value is -3.49. The van der Waals surface area contributed by atoms with E-state index in [0.29, 0.717) is 22.2 Å². The van der Waals surface area contributed by atoms with Crippen LogP contribution in [0.1, 0.15) is 21.7 Å². The average molecular weight is 467 g/mol. The second-order valence-corrected chi connectivity index (χ2v) is 9.79. The first-order valence-electron chi connectivity index (χ1n) is 10.3. The Morgan fingerprint density at radius 1 is 1.03 bits per heavy atom. The lowest BCUT2D eigenvalue weighted by Crippen LogP contribution is -2.26. The molecule has 4 rings (SSSR count). The summed E-state index contributed by atoms with van der Waals surface area (Å²) in [6, 6.07) is 19.7. The van der Waals surface area contributed by atoms with E-state index in [9.17, 15) is 17.6 Å². The van der Waals surface area contributed by atoms with E-state index in [1.807, 2.05) is 30.3 Å². The van der Waals surface area contributed by atoms with Crippen LogP contribution in [0.25, 0.3) is 11.0 Å². The fraction of sp³-hybridized carbons (Fsp3) is 0.160. The highest BCUT2D eigenvalue weighted by molar-refractivity contribution is 7.89. The number of furan rings is 1. The van der Waals surface area contributed by atoms with Gasteiger partial charge in [0.25, 0.3) is 0 Å². The molecule has 0 aliphatic carbocycles. The number of carbonyl (C=O) groups excluding carboxylic acids is 1. The van der Waals surface area contributed by atoms with Crippen molar-refractivity contribution in [3.8, 4) is 0 Å². The molecule has 6 nitrogen and oxygen atoms in total. The second-order valence-electron chi connectivity index (χ2n) is 7.74. The molecule has 0 amide bonds. The molecular weight excluding hydrogens is 443 g/mol. The zero-order valence-corrected chi connectivity index (χ0v) is 19.0. The fourth-order valence-corrected chi connectivity index (χ4v) is 4.73. The van der Waals surface area contributed by atoms with Crippen molar-refractivity contribution >= 4 is 32.5 Å². The first-order chi connectivity index (χ1) is 15.8. The number of hydrogen-bond donors (Lipinski definition) is 1. The molecule has 0 saturated heterocycles. The van der Waals surface area contributed by atoms with Gasteiger partial charge in [0.15, 0.2) is 5.76 Å². The zero-order valence-electron chi connectivity index (χ0n) is 18.2. The molecule has 0 spiro atoms. The molecule has 0 bridgehead atoms. The van der Waals surface area contributed by atoms with Crippen LogP contribution in [0.15, 0.2) is 82.1 Å². The Bertz CT molecular complexity index is 1400. The maximum atomic E-state index is 13.5. The van der Waals surface area contributed by atoms with Crippen molar-refractivity contribution in [2.24, 2.45) is 0 Å². The smallest absolute Gasteiger partial charge is 0.243 e. The molecule has 33 heavy (non-hydrogen) atoms. The predicted molar refractivity (Wildman–Crippen MR) is 125 cm³/mol. The number of rotatable bonds is 8. The van der Waals surface area contributed by atoms with Crippen LogP contribution in [0.5, 0.6) is 0 Å². The molecule has 0 saturated carbocycles. The highest BCUT2D eigenvalue weighted by Crippen LogP contribution is 2.26. The number of aryl methyl sites for hydroxylation is 1. The summed E-state index contributed by atoms with van der Waals surface area (Å²) in [5.41, 5.74) is 2.52. The number of anilines is 1. The highest BCUT2D eigenvalue weighted by Gasteiger charge is 2.21. The molecule has 1 N–H and O–H groups in total. The van der Waals surface area contributed by atoms with Crippen molar-refractivity contribution in [2.45, 2.75) is 18.4 Å². The minimum Gasteiger partial charge on any atom is -0.453 e. The van der Waals surface area contributed by atoms with Gasteiger partial charge in [-0.2, -0.15) is 4.31 Å². The predicted octanol–water partition coefficient (Wildman–Crippen LogP) is 5.00. The molecule has 3 aromatic carbocycles. The van der Waals surface area contributed by atoms with Gasteiger partial charge in [-0.15, -0.1) is 0 Å². The summed E-state index contributed by atoms with van der Waals surface area (Å²) in [7, 11) is -2.12. The maximum absolute atomic E-state index is 13.5. The van der Waals surface area contributed by atoms with Crippen LogP contribution in [0.4, 0.5) is 10.1 Å². The van der Waals surface area contributed by atoms with Gasteiger partial charge >= 0.3 is 0 Å². The summed E-state index contributed by atoms with van der Waals surface area (Å²) in [6.07, 6.45) is 0. The summed E-state index contributed by atoms with van der Waals surface area (Å²) < 4.78 is 46.1. The standard InChI is InChI=1S/C25H23FN2O4S/c1-17-22-14-19(26)8-13-24(22)32-25(17)23(29)15-27-20-9-11-21(12-10-20)33(30,31)28(2)16-18-6-4-3-5-7-18/h3-14,27H,15-16H2,1-2H3. The van der Waals surface area contributed by atoms with Gasteiger partial charge in [0.2, 0.25) is 15.8 Å². The number of hydrogen-bond acceptors (Lipinski definition) is 5. The normalized spacial score (nSPS) is 11.8. The molecule has 0 aliphatic heterocycles. The van der Waals surface area contributed by atoms with E-state index in [4.69, 9.17) is 4.42 Å². The third kappa shape index (κ3) is 4.81. The van der Waals surface area contributed by atoms with Gasteiger partial charge in [0.05, 0.1) is 11.4 Å². The van der Waals surface area contributed by atoms with Gasteiger partial charge in [-0.1, -0.05) is 30.3 Å². The van der Waals surface area contributed by atoms with Crippen molar-refractivity contribution in [2.75, 3.05) is 18.9 Å². The number of nitrogens with zero attached hydrogens (tertiary/aromatic N) is 1. The number of sulfonamides is 1. The Morgan fingerprint density at radius 2 is 1.73 bits per heavy atom. The first kappa shape index (κ1) is 22.7. The quantitative estimate of drug-likeness (QED) is 0.370. The van der Waals surface area contributed by atoms with Gasteiger partial charge in [0, 0.05) is 30.2 Å². The van der Waals surface area contributed by atoms with Crippen molar-refractivity contribution in [3.63, 3.8) is 0 Å². The van der Waals surface area contributed by atoms with E-state index in [2.05, 4.69) is 5.32 Å². The Balaban J connectivity index is 1.42. The number of carbonyl (C=O) groups is 1. The van der Waals surface area contributed by atoms with E-state index < -0.39 is 15.8 Å². The van der Waals surface area contributed by atoms with E-state index >= 15 is 0 Å². The third-order valence-electron chi connectivity index (χ3n) is 5.42. The number of halogens is 1. The minimum absolute atomic E-state index is 0.0524. The lowest BCUT2D eigenvalue weighted by molar-refractivity contribution is 0.0981. The highest BCUT2D eigenvalue weighted by atomic mass is 32.2. The summed E-state index contributed by atoms with van der Waals surface area (Å²) >= 11 is 0. The molecule has 8 heteroatoms. The number of nitrogens with one attached hydrogen (secondary N) is 1. The van der Waals surface area contributed by atoms with E-state index in [-0.39, 0.29) is 29.5 Å². The Labute approximate surface area is 191 Å². The van der Waals surface area contributed by atoms with Crippen molar-refractivity contribution in [1.29, 1.82) is 0 Å². The molecular formula is C25H23FN2O4S. The van der Waals surface area contributed by atoms with Crippen LogP contribution in [0.3, 0.4) is 0 Å². The molecule has 1 aromatic heterocycles. The van der Waals surface area contributed by atoms with Crippen molar-refractivity contribution in [1.82, 2.24) is 4.31 Å². The lowest BCUT2D eigenvalue weighted by atomic mass is 10.1. The van der Waals surface area contributed by atoms with Crippen LogP contribution in [0, 0.1) is 12.7 Å². The molecule has 170 valence electrons. The largest absolute Gasteiger partial charge is 0.453 e.